The Bertz CT molecular complexity index is 1280. The summed E-state index contributed by atoms with van der Waals surface area (Å²) in [6.07, 6.45) is 3.77. The number of nitrogens with zero attached hydrogens (tertiary/aromatic N) is 4. The van der Waals surface area contributed by atoms with Crippen molar-refractivity contribution in [3.05, 3.63) is 82.7 Å². The molecule has 0 saturated carbocycles. The Morgan fingerprint density at radius 3 is 2.33 bits per heavy atom. The monoisotopic (exact) mass is 470 g/mol. The quantitative estimate of drug-likeness (QED) is 0.404. The van der Waals surface area contributed by atoms with E-state index >= 15 is 0 Å². The Balaban J connectivity index is 1.48. The number of piperazine rings is 1. The fraction of sp³-hybridized carbons (Fsp3) is 0.227. The van der Waals surface area contributed by atoms with E-state index in [9.17, 15) is 23.3 Å². The zero-order chi connectivity index (χ0) is 23.6. The summed E-state index contributed by atoms with van der Waals surface area (Å²) in [6.45, 7) is 0.602. The zero-order valence-electron chi connectivity index (χ0n) is 17.8. The third-order valence-electron chi connectivity index (χ3n) is 5.51. The number of sulfonamides is 1. The first-order valence-corrected chi connectivity index (χ1v) is 11.6. The number of methoxy groups -OCH3 is 1. The van der Waals surface area contributed by atoms with Crippen LogP contribution in [0.25, 0.3) is 5.69 Å². The van der Waals surface area contributed by atoms with Crippen molar-refractivity contribution < 1.29 is 22.9 Å². The summed E-state index contributed by atoms with van der Waals surface area (Å²) in [4.78, 5) is 25.0. The summed E-state index contributed by atoms with van der Waals surface area (Å²) >= 11 is 0. The van der Waals surface area contributed by atoms with Gasteiger partial charge in [-0.15, -0.1) is 0 Å². The van der Waals surface area contributed by atoms with E-state index in [1.54, 1.807) is 23.1 Å². The van der Waals surface area contributed by atoms with Crippen molar-refractivity contribution in [3.63, 3.8) is 0 Å². The van der Waals surface area contributed by atoms with Gasteiger partial charge in [-0.1, -0.05) is 6.07 Å². The lowest BCUT2D eigenvalue weighted by atomic mass is 10.1. The molecule has 1 aliphatic heterocycles. The van der Waals surface area contributed by atoms with Gasteiger partial charge in [-0.05, 0) is 42.5 Å². The number of benzene rings is 2. The molecule has 0 aliphatic carbocycles. The Morgan fingerprint density at radius 2 is 1.70 bits per heavy atom. The largest absolute Gasteiger partial charge is 0.490 e. The van der Waals surface area contributed by atoms with Crippen LogP contribution in [-0.4, -0.2) is 66.3 Å². The molecule has 2 heterocycles. The molecule has 0 spiro atoms. The van der Waals surface area contributed by atoms with Gasteiger partial charge in [0.1, 0.15) is 0 Å². The first kappa shape index (κ1) is 22.5. The molecule has 0 unspecified atom stereocenters. The van der Waals surface area contributed by atoms with E-state index < -0.39 is 20.6 Å². The molecule has 10 nitrogen and oxygen atoms in total. The number of nitro benzene ring substituents is 1. The van der Waals surface area contributed by atoms with E-state index in [0.29, 0.717) is 5.56 Å². The molecule has 2 aromatic carbocycles. The molecule has 0 bridgehead atoms. The van der Waals surface area contributed by atoms with E-state index in [0.717, 1.165) is 11.8 Å². The van der Waals surface area contributed by atoms with Gasteiger partial charge in [-0.2, -0.15) is 4.31 Å². The second-order valence-electron chi connectivity index (χ2n) is 7.43. The minimum atomic E-state index is -3.96. The van der Waals surface area contributed by atoms with Crippen LogP contribution >= 0.6 is 0 Å². The van der Waals surface area contributed by atoms with Gasteiger partial charge in [0.2, 0.25) is 10.0 Å². The molecule has 1 aromatic heterocycles. The maximum absolute atomic E-state index is 13.0. The Kier molecular flexibility index (Phi) is 6.16. The van der Waals surface area contributed by atoms with Crippen LogP contribution in [0.2, 0.25) is 0 Å². The summed E-state index contributed by atoms with van der Waals surface area (Å²) in [6, 6.07) is 14.6. The summed E-state index contributed by atoms with van der Waals surface area (Å²) < 4.78 is 34.2. The molecule has 1 fully saturated rings. The Morgan fingerprint density at radius 1 is 1.00 bits per heavy atom. The van der Waals surface area contributed by atoms with Crippen molar-refractivity contribution in [2.45, 2.75) is 4.90 Å². The predicted molar refractivity (Wildman–Crippen MR) is 120 cm³/mol. The van der Waals surface area contributed by atoms with Gasteiger partial charge >= 0.3 is 5.69 Å². The lowest BCUT2D eigenvalue weighted by Crippen LogP contribution is -2.50. The molecule has 1 aliphatic rings. The van der Waals surface area contributed by atoms with Gasteiger partial charge in [-0.25, -0.2) is 8.42 Å². The molecule has 0 N–H and O–H groups in total. The summed E-state index contributed by atoms with van der Waals surface area (Å²) in [7, 11) is -2.68. The third-order valence-corrected chi connectivity index (χ3v) is 7.40. The number of carbonyl (C=O) groups is 1. The molecule has 4 rings (SSSR count). The van der Waals surface area contributed by atoms with Crippen molar-refractivity contribution in [3.8, 4) is 11.4 Å². The highest BCUT2D eigenvalue weighted by Gasteiger charge is 2.32. The fourth-order valence-corrected chi connectivity index (χ4v) is 5.19. The number of aromatic nitrogens is 1. The number of carbonyl (C=O) groups excluding carboxylic acids is 1. The van der Waals surface area contributed by atoms with Crippen molar-refractivity contribution in [1.29, 1.82) is 0 Å². The molecule has 3 aromatic rings. The molecule has 11 heteroatoms. The van der Waals surface area contributed by atoms with Crippen LogP contribution in [0, 0.1) is 10.1 Å². The standard InChI is InChI=1S/C22H22N4O6S/c1-32-21-8-7-19(16-20(21)26(28)29)33(30,31)25-13-11-24(12-14-25)22(27)17-5-4-6-18(15-17)23-9-2-3-10-23/h2-10,15-16H,11-14H2,1H3. The van der Waals surface area contributed by atoms with Gasteiger partial charge < -0.3 is 14.2 Å². The minimum absolute atomic E-state index is 0.0171. The van der Waals surface area contributed by atoms with Crippen LogP contribution in [0.1, 0.15) is 10.4 Å². The second kappa shape index (κ2) is 9.04. The molecular weight excluding hydrogens is 448 g/mol. The number of rotatable bonds is 6. The predicted octanol–water partition coefficient (Wildman–Crippen LogP) is 2.54. The van der Waals surface area contributed by atoms with E-state index in [2.05, 4.69) is 0 Å². The van der Waals surface area contributed by atoms with Crippen LogP contribution < -0.4 is 4.74 Å². The molecule has 172 valence electrons. The highest BCUT2D eigenvalue weighted by molar-refractivity contribution is 7.89. The van der Waals surface area contributed by atoms with E-state index in [4.69, 9.17) is 4.74 Å². The Hall–Kier alpha value is -3.70. The minimum Gasteiger partial charge on any atom is -0.490 e. The van der Waals surface area contributed by atoms with E-state index in [1.165, 1.54) is 23.5 Å². The lowest BCUT2D eigenvalue weighted by Gasteiger charge is -2.34. The summed E-state index contributed by atoms with van der Waals surface area (Å²) in [5, 5.41) is 11.3. The highest BCUT2D eigenvalue weighted by Crippen LogP contribution is 2.31. The number of ether oxygens (including phenoxy) is 1. The van der Waals surface area contributed by atoms with Crippen LogP contribution in [-0.2, 0) is 10.0 Å². The number of hydrogen-bond donors (Lipinski definition) is 0. The topological polar surface area (TPSA) is 115 Å². The molecule has 1 saturated heterocycles. The van der Waals surface area contributed by atoms with Gasteiger partial charge in [0.05, 0.1) is 16.9 Å². The molecule has 1 amide bonds. The van der Waals surface area contributed by atoms with Gasteiger partial charge in [0, 0.05) is 55.9 Å². The van der Waals surface area contributed by atoms with Crippen LogP contribution in [0.4, 0.5) is 5.69 Å². The highest BCUT2D eigenvalue weighted by atomic mass is 32.2. The first-order valence-electron chi connectivity index (χ1n) is 10.2. The van der Waals surface area contributed by atoms with Crippen LogP contribution in [0.3, 0.4) is 0 Å². The molecule has 0 radical (unpaired) electrons. The van der Waals surface area contributed by atoms with Crippen molar-refractivity contribution >= 4 is 21.6 Å². The van der Waals surface area contributed by atoms with Crippen molar-refractivity contribution in [1.82, 2.24) is 13.8 Å². The number of hydrogen-bond acceptors (Lipinski definition) is 6. The van der Waals surface area contributed by atoms with Crippen molar-refractivity contribution in [2.75, 3.05) is 33.3 Å². The first-order chi connectivity index (χ1) is 15.8. The average Bonchev–Trinajstić information content (AvgIpc) is 3.38. The van der Waals surface area contributed by atoms with Gasteiger partial charge in [0.25, 0.3) is 5.91 Å². The zero-order valence-corrected chi connectivity index (χ0v) is 18.6. The third kappa shape index (κ3) is 4.45. The SMILES string of the molecule is COc1ccc(S(=O)(=O)N2CCN(C(=O)c3cccc(-n4cccc4)c3)CC2)cc1[N+](=O)[O-]. The normalized spacial score (nSPS) is 14.8. The smallest absolute Gasteiger partial charge is 0.312 e. The second-order valence-corrected chi connectivity index (χ2v) is 9.37. The fourth-order valence-electron chi connectivity index (χ4n) is 3.74. The maximum Gasteiger partial charge on any atom is 0.312 e. The number of nitro groups is 1. The van der Waals surface area contributed by atoms with E-state index in [-0.39, 0.29) is 42.7 Å². The van der Waals surface area contributed by atoms with Crippen molar-refractivity contribution in [2.24, 2.45) is 0 Å². The molecule has 0 atom stereocenters. The summed E-state index contributed by atoms with van der Waals surface area (Å²) in [5.74, 6) is -0.197. The number of amides is 1. The van der Waals surface area contributed by atoms with Crippen LogP contribution in [0.15, 0.2) is 71.9 Å². The molecule has 33 heavy (non-hydrogen) atoms. The Labute approximate surface area is 190 Å². The van der Waals surface area contributed by atoms with Gasteiger partial charge in [-0.3, -0.25) is 14.9 Å². The molecular formula is C22H22N4O6S. The summed E-state index contributed by atoms with van der Waals surface area (Å²) in [5.41, 5.74) is 0.950. The maximum atomic E-state index is 13.0. The van der Waals surface area contributed by atoms with Crippen LogP contribution in [0.5, 0.6) is 5.75 Å². The van der Waals surface area contributed by atoms with E-state index in [1.807, 2.05) is 35.2 Å². The lowest BCUT2D eigenvalue weighted by molar-refractivity contribution is -0.386. The average molecular weight is 471 g/mol. The van der Waals surface area contributed by atoms with Gasteiger partial charge in [0.15, 0.2) is 5.75 Å².